The molecular formula is C31H29FP2. The van der Waals surface area contributed by atoms with E-state index in [0.29, 0.717) is 0 Å². The Kier molecular flexibility index (Phi) is 6.42. The Morgan fingerprint density at radius 2 is 0.676 bits per heavy atom. The SMILES string of the molecule is C[PH](c1ccccc1)(c1ccccc1)c1ccccc1[PH](F)(c1ccccc1)c1ccccc1. The van der Waals surface area contributed by atoms with Gasteiger partial charge in [0.05, 0.1) is 0 Å². The van der Waals surface area contributed by atoms with Gasteiger partial charge in [0.15, 0.2) is 0 Å². The van der Waals surface area contributed by atoms with Crippen molar-refractivity contribution < 1.29 is 4.20 Å². The third kappa shape index (κ3) is 3.90. The summed E-state index contributed by atoms with van der Waals surface area (Å²) in [5, 5.41) is 6.14. The first-order chi connectivity index (χ1) is 16.6. The maximum atomic E-state index is 18.0. The van der Waals surface area contributed by atoms with Crippen LogP contribution < -0.4 is 31.8 Å². The monoisotopic (exact) mass is 482 g/mol. The molecule has 0 aliphatic carbocycles. The van der Waals surface area contributed by atoms with Crippen molar-refractivity contribution in [3.8, 4) is 0 Å². The molecule has 0 atom stereocenters. The number of hydrogen-bond acceptors (Lipinski definition) is 0. The molecule has 0 bridgehead atoms. The quantitative estimate of drug-likeness (QED) is 0.290. The van der Waals surface area contributed by atoms with Gasteiger partial charge in [0.2, 0.25) is 0 Å². The molecule has 0 saturated heterocycles. The van der Waals surface area contributed by atoms with Crippen LogP contribution in [0.3, 0.4) is 0 Å². The van der Waals surface area contributed by atoms with Crippen LogP contribution in [0, 0.1) is 0 Å². The summed E-state index contributed by atoms with van der Waals surface area (Å²) in [5.41, 5.74) is 0. The van der Waals surface area contributed by atoms with E-state index in [1.54, 1.807) is 0 Å². The summed E-state index contributed by atoms with van der Waals surface area (Å²) in [6.45, 7) is 2.36. The van der Waals surface area contributed by atoms with Crippen LogP contribution in [0.2, 0.25) is 0 Å². The molecule has 170 valence electrons. The average molecular weight is 483 g/mol. The van der Waals surface area contributed by atoms with Crippen molar-refractivity contribution in [3.05, 3.63) is 146 Å². The second-order valence-corrected chi connectivity index (χ2v) is 15.7. The van der Waals surface area contributed by atoms with Gasteiger partial charge in [-0.2, -0.15) is 0 Å². The molecule has 0 fully saturated rings. The summed E-state index contributed by atoms with van der Waals surface area (Å²) in [4.78, 5) is 0. The van der Waals surface area contributed by atoms with Crippen LogP contribution in [0.5, 0.6) is 0 Å². The molecule has 5 aromatic rings. The minimum absolute atomic E-state index is 0.783. The fourth-order valence-electron chi connectivity index (χ4n) is 5.05. The molecule has 34 heavy (non-hydrogen) atoms. The molecule has 0 aliphatic rings. The van der Waals surface area contributed by atoms with Gasteiger partial charge in [-0.3, -0.25) is 0 Å². The summed E-state index contributed by atoms with van der Waals surface area (Å²) in [7, 11) is -6.27. The van der Waals surface area contributed by atoms with E-state index in [9.17, 15) is 0 Å². The van der Waals surface area contributed by atoms with Gasteiger partial charge in [0, 0.05) is 0 Å². The van der Waals surface area contributed by atoms with Crippen LogP contribution >= 0.6 is 14.8 Å². The van der Waals surface area contributed by atoms with E-state index in [2.05, 4.69) is 79.5 Å². The topological polar surface area (TPSA) is 0 Å². The van der Waals surface area contributed by atoms with Gasteiger partial charge in [-0.1, -0.05) is 0 Å². The Bertz CT molecular complexity index is 1170. The van der Waals surface area contributed by atoms with Crippen molar-refractivity contribution in [2.24, 2.45) is 0 Å². The van der Waals surface area contributed by atoms with Crippen LogP contribution in [-0.2, 0) is 0 Å². The van der Waals surface area contributed by atoms with Crippen LogP contribution in [0.25, 0.3) is 0 Å². The van der Waals surface area contributed by atoms with Gasteiger partial charge < -0.3 is 0 Å². The molecule has 0 heterocycles. The van der Waals surface area contributed by atoms with E-state index in [0.717, 1.165) is 21.2 Å². The zero-order chi connectivity index (χ0) is 23.4. The summed E-state index contributed by atoms with van der Waals surface area (Å²) >= 11 is 0. The first-order valence-corrected chi connectivity index (χ1v) is 16.0. The van der Waals surface area contributed by atoms with Crippen molar-refractivity contribution in [1.82, 2.24) is 0 Å². The number of rotatable bonds is 6. The number of benzene rings is 5. The molecule has 0 aliphatic heterocycles. The predicted octanol–water partition coefficient (Wildman–Crippen LogP) is 5.25. The van der Waals surface area contributed by atoms with Crippen molar-refractivity contribution in [1.29, 1.82) is 0 Å². The molecule has 3 heteroatoms. The standard InChI is InChI=1S/C31H29FP2/c1-33(26-16-6-2-7-17-26,27-18-8-3-9-19-27)30-24-14-15-25-31(30)34(32,28-20-10-4-11-21-28)29-22-12-5-13-23-29/h2-25,33-34H,1H3. The van der Waals surface area contributed by atoms with Gasteiger partial charge in [-0.25, -0.2) is 0 Å². The Morgan fingerprint density at radius 1 is 0.382 bits per heavy atom. The summed E-state index contributed by atoms with van der Waals surface area (Å²) in [6.07, 6.45) is 0. The predicted molar refractivity (Wildman–Crippen MR) is 154 cm³/mol. The molecule has 5 aromatic carbocycles. The Labute approximate surface area is 202 Å². The summed E-state index contributed by atoms with van der Waals surface area (Å²) in [5.74, 6) is 0. The van der Waals surface area contributed by atoms with E-state index >= 15 is 4.20 Å². The van der Waals surface area contributed by atoms with E-state index < -0.39 is 14.8 Å². The van der Waals surface area contributed by atoms with Crippen LogP contribution in [-0.4, -0.2) is 6.66 Å². The number of hydrogen-bond donors (Lipinski definition) is 0. The fourth-order valence-corrected chi connectivity index (χ4v) is 13.1. The molecule has 0 radical (unpaired) electrons. The molecule has 0 saturated carbocycles. The van der Waals surface area contributed by atoms with Gasteiger partial charge in [-0.05, 0) is 0 Å². The zero-order valence-electron chi connectivity index (χ0n) is 19.2. The molecule has 0 N–H and O–H groups in total. The number of halogens is 1. The van der Waals surface area contributed by atoms with Crippen molar-refractivity contribution in [2.75, 3.05) is 6.66 Å². The normalized spacial score (nSPS) is 12.8. The molecule has 0 unspecified atom stereocenters. The molecule has 0 nitrogen and oxygen atoms in total. The first kappa shape index (κ1) is 22.7. The summed E-state index contributed by atoms with van der Waals surface area (Å²) < 4.78 is 18.0. The Hall–Kier alpha value is -3.11. The van der Waals surface area contributed by atoms with E-state index in [-0.39, 0.29) is 0 Å². The molecule has 0 aromatic heterocycles. The van der Waals surface area contributed by atoms with Gasteiger partial charge in [0.1, 0.15) is 0 Å². The van der Waals surface area contributed by atoms with Gasteiger partial charge in [0.25, 0.3) is 0 Å². The van der Waals surface area contributed by atoms with E-state index in [4.69, 9.17) is 0 Å². The average Bonchev–Trinajstić information content (AvgIpc) is 2.94. The van der Waals surface area contributed by atoms with Crippen molar-refractivity contribution >= 4 is 46.7 Å². The molecule has 0 spiro atoms. The van der Waals surface area contributed by atoms with Crippen LogP contribution in [0.1, 0.15) is 0 Å². The van der Waals surface area contributed by atoms with Crippen molar-refractivity contribution in [3.63, 3.8) is 0 Å². The van der Waals surface area contributed by atoms with Crippen molar-refractivity contribution in [2.45, 2.75) is 0 Å². The van der Waals surface area contributed by atoms with Crippen LogP contribution in [0.4, 0.5) is 4.20 Å². The summed E-state index contributed by atoms with van der Waals surface area (Å²) in [6, 6.07) is 49.2. The molecule has 5 rings (SSSR count). The minimum atomic E-state index is -3.76. The van der Waals surface area contributed by atoms with Gasteiger partial charge in [-0.15, -0.1) is 0 Å². The Balaban J connectivity index is 1.85. The second-order valence-electron chi connectivity index (χ2n) is 8.79. The third-order valence-corrected chi connectivity index (χ3v) is 15.1. The van der Waals surface area contributed by atoms with E-state index in [1.165, 1.54) is 10.6 Å². The third-order valence-electron chi connectivity index (χ3n) is 6.88. The first-order valence-electron chi connectivity index (χ1n) is 11.7. The van der Waals surface area contributed by atoms with Crippen LogP contribution in [0.15, 0.2) is 146 Å². The molecule has 0 amide bonds. The Morgan fingerprint density at radius 3 is 1.06 bits per heavy atom. The maximum absolute atomic E-state index is 18.0. The fraction of sp³-hybridized carbons (Fsp3) is 0.0323. The molecular weight excluding hydrogens is 453 g/mol. The zero-order valence-corrected chi connectivity index (χ0v) is 21.2. The van der Waals surface area contributed by atoms with E-state index in [1.807, 2.05) is 72.8 Å². The van der Waals surface area contributed by atoms with Gasteiger partial charge >= 0.3 is 203 Å². The second kappa shape index (κ2) is 9.63.